The van der Waals surface area contributed by atoms with Crippen LogP contribution < -0.4 is 0 Å². The lowest BCUT2D eigenvalue weighted by molar-refractivity contribution is 0.0966. The van der Waals surface area contributed by atoms with Crippen LogP contribution in [0.4, 0.5) is 0 Å². The van der Waals surface area contributed by atoms with Crippen molar-refractivity contribution >= 4 is 17.5 Å². The lowest BCUT2D eigenvalue weighted by atomic mass is 10.1. The summed E-state index contributed by atoms with van der Waals surface area (Å²) in [4.78, 5) is 13.2. The average molecular weight is 246 g/mol. The fraction of sp³-hybridized carbons (Fsp3) is 0.231. The van der Waals surface area contributed by atoms with Gasteiger partial charge in [-0.2, -0.15) is 5.10 Å². The van der Waals surface area contributed by atoms with E-state index in [1.54, 1.807) is 22.6 Å². The monoisotopic (exact) mass is 246 g/mol. The highest BCUT2D eigenvalue weighted by Gasteiger charge is 2.08. The van der Waals surface area contributed by atoms with Crippen LogP contribution in [-0.4, -0.2) is 21.8 Å². The summed E-state index contributed by atoms with van der Waals surface area (Å²) in [7, 11) is 0. The summed E-state index contributed by atoms with van der Waals surface area (Å²) >= 11 is 1.67. The van der Waals surface area contributed by atoms with Crippen LogP contribution in [-0.2, 0) is 6.54 Å². The van der Waals surface area contributed by atoms with Gasteiger partial charge in [0.2, 0.25) is 0 Å². The summed E-state index contributed by atoms with van der Waals surface area (Å²) in [5.74, 6) is 0.0875. The van der Waals surface area contributed by atoms with Crippen LogP contribution in [0.1, 0.15) is 16.1 Å². The standard InChI is InChI=1S/C13H14N2OS/c1-10-7-8-14-15(10)9-13(16)11-3-5-12(17-2)6-4-11/h3-8H,9H2,1-2H3. The van der Waals surface area contributed by atoms with Crippen LogP contribution in [0.25, 0.3) is 0 Å². The maximum atomic E-state index is 12.0. The van der Waals surface area contributed by atoms with E-state index in [-0.39, 0.29) is 5.78 Å². The second-order valence-corrected chi connectivity index (χ2v) is 4.66. The van der Waals surface area contributed by atoms with Crippen molar-refractivity contribution < 1.29 is 4.79 Å². The Balaban J connectivity index is 2.12. The van der Waals surface area contributed by atoms with Crippen LogP contribution >= 0.6 is 11.8 Å². The van der Waals surface area contributed by atoms with E-state index in [2.05, 4.69) is 5.10 Å². The topological polar surface area (TPSA) is 34.9 Å². The predicted octanol–water partition coefficient (Wildman–Crippen LogP) is 2.80. The van der Waals surface area contributed by atoms with E-state index in [1.807, 2.05) is 43.5 Å². The first-order chi connectivity index (χ1) is 8.20. The third-order valence-corrected chi connectivity index (χ3v) is 3.38. The molecule has 2 rings (SSSR count). The molecule has 4 heteroatoms. The number of aromatic nitrogens is 2. The summed E-state index contributed by atoms with van der Waals surface area (Å²) < 4.78 is 1.71. The third-order valence-electron chi connectivity index (χ3n) is 2.63. The van der Waals surface area contributed by atoms with Crippen LogP contribution in [0.2, 0.25) is 0 Å². The lowest BCUT2D eigenvalue weighted by Crippen LogP contribution is -2.12. The van der Waals surface area contributed by atoms with E-state index in [0.717, 1.165) is 16.2 Å². The predicted molar refractivity (Wildman–Crippen MR) is 69.5 cm³/mol. The fourth-order valence-electron chi connectivity index (χ4n) is 1.57. The number of carbonyl (C=O) groups is 1. The van der Waals surface area contributed by atoms with Gasteiger partial charge in [0.15, 0.2) is 5.78 Å². The molecule has 17 heavy (non-hydrogen) atoms. The van der Waals surface area contributed by atoms with E-state index < -0.39 is 0 Å². The molecule has 0 aliphatic heterocycles. The number of nitrogens with zero attached hydrogens (tertiary/aromatic N) is 2. The number of Topliss-reactive ketones (excluding diaryl/α,β-unsaturated/α-hetero) is 1. The van der Waals surface area contributed by atoms with Crippen molar-refractivity contribution in [1.82, 2.24) is 9.78 Å². The minimum Gasteiger partial charge on any atom is -0.292 e. The van der Waals surface area contributed by atoms with Gasteiger partial charge in [-0.25, -0.2) is 0 Å². The van der Waals surface area contributed by atoms with Crippen LogP contribution in [0.15, 0.2) is 41.4 Å². The molecule has 3 nitrogen and oxygen atoms in total. The van der Waals surface area contributed by atoms with Gasteiger partial charge >= 0.3 is 0 Å². The summed E-state index contributed by atoms with van der Waals surface area (Å²) in [5, 5.41) is 4.11. The molecular weight excluding hydrogens is 232 g/mol. The summed E-state index contributed by atoms with van der Waals surface area (Å²) in [6, 6.07) is 9.56. The van der Waals surface area contributed by atoms with Gasteiger partial charge in [-0.05, 0) is 31.4 Å². The first-order valence-electron chi connectivity index (χ1n) is 5.36. The van der Waals surface area contributed by atoms with Crippen molar-refractivity contribution in [3.8, 4) is 0 Å². The zero-order valence-electron chi connectivity index (χ0n) is 9.88. The largest absolute Gasteiger partial charge is 0.292 e. The molecule has 0 amide bonds. The molecule has 0 saturated heterocycles. The number of rotatable bonds is 4. The first-order valence-corrected chi connectivity index (χ1v) is 6.59. The highest BCUT2D eigenvalue weighted by molar-refractivity contribution is 7.98. The molecule has 0 N–H and O–H groups in total. The Kier molecular flexibility index (Phi) is 3.64. The highest BCUT2D eigenvalue weighted by atomic mass is 32.2. The van der Waals surface area contributed by atoms with E-state index >= 15 is 0 Å². The number of carbonyl (C=O) groups excluding carboxylic acids is 1. The SMILES string of the molecule is CSc1ccc(C(=O)Cn2nccc2C)cc1. The number of hydrogen-bond donors (Lipinski definition) is 0. The van der Waals surface area contributed by atoms with Crippen molar-refractivity contribution in [3.05, 3.63) is 47.8 Å². The van der Waals surface area contributed by atoms with Gasteiger partial charge in [-0.1, -0.05) is 12.1 Å². The van der Waals surface area contributed by atoms with E-state index in [1.165, 1.54) is 0 Å². The molecular formula is C13H14N2OS. The molecule has 0 fully saturated rings. The Bertz CT molecular complexity index is 516. The molecule has 0 radical (unpaired) electrons. The van der Waals surface area contributed by atoms with E-state index in [9.17, 15) is 4.79 Å². The number of ketones is 1. The maximum Gasteiger partial charge on any atom is 0.184 e. The molecule has 0 aliphatic carbocycles. The molecule has 1 aromatic heterocycles. The van der Waals surface area contributed by atoms with Crippen molar-refractivity contribution in [2.45, 2.75) is 18.4 Å². The van der Waals surface area contributed by atoms with Gasteiger partial charge in [0.05, 0.1) is 0 Å². The van der Waals surface area contributed by atoms with Gasteiger partial charge in [-0.15, -0.1) is 11.8 Å². The average Bonchev–Trinajstić information content (AvgIpc) is 2.75. The molecule has 0 aliphatic rings. The second kappa shape index (κ2) is 5.19. The molecule has 0 atom stereocenters. The van der Waals surface area contributed by atoms with Gasteiger partial charge in [0.1, 0.15) is 6.54 Å². The highest BCUT2D eigenvalue weighted by Crippen LogP contribution is 2.15. The van der Waals surface area contributed by atoms with Crippen molar-refractivity contribution in [3.63, 3.8) is 0 Å². The Hall–Kier alpha value is -1.55. The number of aryl methyl sites for hydroxylation is 1. The zero-order chi connectivity index (χ0) is 12.3. The van der Waals surface area contributed by atoms with Gasteiger partial charge in [-0.3, -0.25) is 9.48 Å². The zero-order valence-corrected chi connectivity index (χ0v) is 10.7. The molecule has 0 saturated carbocycles. The van der Waals surface area contributed by atoms with E-state index in [0.29, 0.717) is 6.54 Å². The summed E-state index contributed by atoms with van der Waals surface area (Å²) in [6.45, 7) is 2.24. The smallest absolute Gasteiger partial charge is 0.184 e. The maximum absolute atomic E-state index is 12.0. The van der Waals surface area contributed by atoms with Crippen LogP contribution in [0.3, 0.4) is 0 Å². The molecule has 0 spiro atoms. The van der Waals surface area contributed by atoms with Crippen LogP contribution in [0, 0.1) is 6.92 Å². The Morgan fingerprint density at radius 3 is 2.53 bits per heavy atom. The Morgan fingerprint density at radius 1 is 1.29 bits per heavy atom. The van der Waals surface area contributed by atoms with Crippen molar-refractivity contribution in [2.75, 3.05) is 6.26 Å². The Labute approximate surface area is 105 Å². The van der Waals surface area contributed by atoms with Gasteiger partial charge in [0, 0.05) is 22.3 Å². The molecule has 0 unspecified atom stereocenters. The van der Waals surface area contributed by atoms with Gasteiger partial charge < -0.3 is 0 Å². The minimum absolute atomic E-state index is 0.0875. The first kappa shape index (κ1) is 11.9. The number of thioether (sulfide) groups is 1. The molecule has 2 aromatic rings. The molecule has 1 aromatic carbocycles. The minimum atomic E-state index is 0.0875. The quantitative estimate of drug-likeness (QED) is 0.614. The Morgan fingerprint density at radius 2 is 2.00 bits per heavy atom. The van der Waals surface area contributed by atoms with E-state index in [4.69, 9.17) is 0 Å². The van der Waals surface area contributed by atoms with Crippen molar-refractivity contribution in [1.29, 1.82) is 0 Å². The number of hydrogen-bond acceptors (Lipinski definition) is 3. The summed E-state index contributed by atoms with van der Waals surface area (Å²) in [6.07, 6.45) is 3.73. The van der Waals surface area contributed by atoms with Crippen molar-refractivity contribution in [2.24, 2.45) is 0 Å². The fourth-order valence-corrected chi connectivity index (χ4v) is 1.98. The molecule has 88 valence electrons. The second-order valence-electron chi connectivity index (χ2n) is 3.78. The molecule has 1 heterocycles. The van der Waals surface area contributed by atoms with Gasteiger partial charge in [0.25, 0.3) is 0 Å². The van der Waals surface area contributed by atoms with Crippen LogP contribution in [0.5, 0.6) is 0 Å². The normalized spacial score (nSPS) is 10.5. The molecule has 0 bridgehead atoms. The lowest BCUT2D eigenvalue weighted by Gasteiger charge is -2.04. The summed E-state index contributed by atoms with van der Waals surface area (Å²) in [5.41, 5.74) is 1.73. The number of benzene rings is 1. The third kappa shape index (κ3) is 2.77.